The third-order valence-corrected chi connectivity index (χ3v) is 3.03. The van der Waals surface area contributed by atoms with Crippen LogP contribution in [0.2, 0.25) is 0 Å². The van der Waals surface area contributed by atoms with Crippen molar-refractivity contribution in [2.45, 2.75) is 13.5 Å². The summed E-state index contributed by atoms with van der Waals surface area (Å²) in [5.41, 5.74) is 1.66. The van der Waals surface area contributed by atoms with Gasteiger partial charge < -0.3 is 5.32 Å². The predicted molar refractivity (Wildman–Crippen MR) is 69.7 cm³/mol. The first kappa shape index (κ1) is 11.9. The molecule has 88 valence electrons. The molecule has 0 spiro atoms. The Morgan fingerprint density at radius 1 is 1.41 bits per heavy atom. The van der Waals surface area contributed by atoms with Gasteiger partial charge in [-0.2, -0.15) is 5.10 Å². The monoisotopic (exact) mass is 293 g/mol. The van der Waals surface area contributed by atoms with E-state index in [9.17, 15) is 4.79 Å². The molecule has 17 heavy (non-hydrogen) atoms. The van der Waals surface area contributed by atoms with E-state index < -0.39 is 0 Å². The molecular weight excluding hydrogens is 282 g/mol. The molecule has 0 saturated heterocycles. The van der Waals surface area contributed by atoms with E-state index in [0.29, 0.717) is 0 Å². The zero-order valence-corrected chi connectivity index (χ0v) is 10.9. The number of rotatable bonds is 3. The summed E-state index contributed by atoms with van der Waals surface area (Å²) in [4.78, 5) is 11.7. The number of carbonyl (C=O) groups is 1. The van der Waals surface area contributed by atoms with Gasteiger partial charge in [0.25, 0.3) is 0 Å². The van der Waals surface area contributed by atoms with Crippen molar-refractivity contribution in [3.05, 3.63) is 46.7 Å². The van der Waals surface area contributed by atoms with Crippen molar-refractivity contribution in [1.82, 2.24) is 9.78 Å². The second-order valence-corrected chi connectivity index (χ2v) is 4.53. The number of nitrogens with zero attached hydrogens (tertiary/aromatic N) is 2. The van der Waals surface area contributed by atoms with Crippen LogP contribution in [0.25, 0.3) is 0 Å². The maximum absolute atomic E-state index is 11.7. The van der Waals surface area contributed by atoms with Gasteiger partial charge in [-0.25, -0.2) is 0 Å². The Hall–Kier alpha value is -1.62. The molecule has 1 amide bonds. The van der Waals surface area contributed by atoms with E-state index in [-0.39, 0.29) is 12.5 Å². The van der Waals surface area contributed by atoms with E-state index in [4.69, 9.17) is 0 Å². The Bertz CT molecular complexity index is 502. The van der Waals surface area contributed by atoms with E-state index in [1.54, 1.807) is 10.9 Å². The van der Waals surface area contributed by atoms with Crippen LogP contribution in [0.5, 0.6) is 0 Å². The topological polar surface area (TPSA) is 46.9 Å². The normalized spacial score (nSPS) is 10.2. The van der Waals surface area contributed by atoms with Crippen LogP contribution in [0.3, 0.4) is 0 Å². The van der Waals surface area contributed by atoms with Gasteiger partial charge in [0.2, 0.25) is 5.91 Å². The van der Waals surface area contributed by atoms with E-state index in [1.165, 1.54) is 0 Å². The van der Waals surface area contributed by atoms with E-state index in [1.807, 2.05) is 37.3 Å². The molecule has 5 heteroatoms. The van der Waals surface area contributed by atoms with Crippen LogP contribution in [0.4, 0.5) is 5.69 Å². The Balaban J connectivity index is 1.98. The number of amides is 1. The molecule has 1 heterocycles. The lowest BCUT2D eigenvalue weighted by molar-refractivity contribution is -0.116. The van der Waals surface area contributed by atoms with Gasteiger partial charge in [-0.15, -0.1) is 0 Å². The molecule has 1 aromatic carbocycles. The molecule has 0 aliphatic carbocycles. The lowest BCUT2D eigenvalue weighted by Gasteiger charge is -2.04. The Kier molecular flexibility index (Phi) is 3.58. The molecular formula is C12H12BrN3O. The first-order chi connectivity index (χ1) is 8.15. The fourth-order valence-electron chi connectivity index (χ4n) is 1.44. The summed E-state index contributed by atoms with van der Waals surface area (Å²) in [6.07, 6.45) is 1.79. The van der Waals surface area contributed by atoms with Crippen molar-refractivity contribution in [3.63, 3.8) is 0 Å². The Morgan fingerprint density at radius 2 is 2.12 bits per heavy atom. The molecule has 0 fully saturated rings. The highest BCUT2D eigenvalue weighted by atomic mass is 79.9. The van der Waals surface area contributed by atoms with Crippen molar-refractivity contribution < 1.29 is 4.79 Å². The average Bonchev–Trinajstić information content (AvgIpc) is 2.59. The van der Waals surface area contributed by atoms with Crippen molar-refractivity contribution in [2.75, 3.05) is 5.32 Å². The molecule has 2 rings (SSSR count). The maximum atomic E-state index is 11.7. The van der Waals surface area contributed by atoms with Crippen LogP contribution in [-0.4, -0.2) is 15.7 Å². The molecule has 0 unspecified atom stereocenters. The van der Waals surface area contributed by atoms with Gasteiger partial charge in [0, 0.05) is 11.9 Å². The smallest absolute Gasteiger partial charge is 0.246 e. The van der Waals surface area contributed by atoms with Crippen molar-refractivity contribution in [3.8, 4) is 0 Å². The Morgan fingerprint density at radius 3 is 2.71 bits per heavy atom. The van der Waals surface area contributed by atoms with Gasteiger partial charge >= 0.3 is 0 Å². The molecule has 0 bridgehead atoms. The predicted octanol–water partition coefficient (Wildman–Crippen LogP) is 2.59. The zero-order valence-electron chi connectivity index (χ0n) is 9.35. The molecule has 2 aromatic rings. The molecule has 0 aliphatic rings. The number of aryl methyl sites for hydroxylation is 1. The standard InChI is InChI=1S/C12H12BrN3O/c1-9-11(13)7-16(15-9)8-12(17)14-10-5-3-2-4-6-10/h2-7H,8H2,1H3,(H,14,17). The minimum Gasteiger partial charge on any atom is -0.324 e. The van der Waals surface area contributed by atoms with Crippen LogP contribution in [0.15, 0.2) is 41.0 Å². The number of hydrogen-bond donors (Lipinski definition) is 1. The Labute approximate surface area is 108 Å². The van der Waals surface area contributed by atoms with Gasteiger partial charge in [-0.05, 0) is 35.0 Å². The summed E-state index contributed by atoms with van der Waals surface area (Å²) < 4.78 is 2.52. The zero-order chi connectivity index (χ0) is 12.3. The van der Waals surface area contributed by atoms with Gasteiger partial charge in [-0.3, -0.25) is 9.48 Å². The molecule has 1 N–H and O–H groups in total. The summed E-state index contributed by atoms with van der Waals surface area (Å²) in [7, 11) is 0. The number of carbonyl (C=O) groups excluding carboxylic acids is 1. The summed E-state index contributed by atoms with van der Waals surface area (Å²) in [5.74, 6) is -0.0915. The van der Waals surface area contributed by atoms with Crippen LogP contribution < -0.4 is 5.32 Å². The first-order valence-electron chi connectivity index (χ1n) is 5.19. The number of para-hydroxylation sites is 1. The van der Waals surface area contributed by atoms with Crippen molar-refractivity contribution >= 4 is 27.5 Å². The highest BCUT2D eigenvalue weighted by Crippen LogP contribution is 2.13. The molecule has 0 radical (unpaired) electrons. The van der Waals surface area contributed by atoms with Crippen molar-refractivity contribution in [1.29, 1.82) is 0 Å². The number of aromatic nitrogens is 2. The quantitative estimate of drug-likeness (QED) is 0.945. The summed E-state index contributed by atoms with van der Waals surface area (Å²) in [6.45, 7) is 2.09. The van der Waals surface area contributed by atoms with Gasteiger partial charge in [-0.1, -0.05) is 18.2 Å². The number of hydrogen-bond acceptors (Lipinski definition) is 2. The lowest BCUT2D eigenvalue weighted by Crippen LogP contribution is -2.19. The molecule has 0 saturated carbocycles. The van der Waals surface area contributed by atoms with Crippen molar-refractivity contribution in [2.24, 2.45) is 0 Å². The van der Waals surface area contributed by atoms with Crippen LogP contribution in [-0.2, 0) is 11.3 Å². The highest BCUT2D eigenvalue weighted by Gasteiger charge is 2.06. The van der Waals surface area contributed by atoms with E-state index in [0.717, 1.165) is 15.9 Å². The fourth-order valence-corrected chi connectivity index (χ4v) is 1.76. The van der Waals surface area contributed by atoms with Crippen LogP contribution in [0, 0.1) is 6.92 Å². The average molecular weight is 294 g/mol. The summed E-state index contributed by atoms with van der Waals surface area (Å²) in [5, 5.41) is 7.00. The SMILES string of the molecule is Cc1nn(CC(=O)Nc2ccccc2)cc1Br. The third-order valence-electron chi connectivity index (χ3n) is 2.25. The first-order valence-corrected chi connectivity index (χ1v) is 5.99. The summed E-state index contributed by atoms with van der Waals surface area (Å²) >= 11 is 3.36. The molecule has 0 atom stereocenters. The molecule has 4 nitrogen and oxygen atoms in total. The van der Waals surface area contributed by atoms with Crippen LogP contribution >= 0.6 is 15.9 Å². The van der Waals surface area contributed by atoms with E-state index >= 15 is 0 Å². The van der Waals surface area contributed by atoms with Crippen LogP contribution in [0.1, 0.15) is 5.69 Å². The fraction of sp³-hybridized carbons (Fsp3) is 0.167. The highest BCUT2D eigenvalue weighted by molar-refractivity contribution is 9.10. The van der Waals surface area contributed by atoms with E-state index in [2.05, 4.69) is 26.3 Å². The second-order valence-electron chi connectivity index (χ2n) is 3.67. The number of nitrogens with one attached hydrogen (secondary N) is 1. The second kappa shape index (κ2) is 5.14. The number of benzene rings is 1. The van der Waals surface area contributed by atoms with Gasteiger partial charge in [0.15, 0.2) is 0 Å². The molecule has 1 aromatic heterocycles. The minimum atomic E-state index is -0.0915. The summed E-state index contributed by atoms with van der Waals surface area (Å²) in [6, 6.07) is 9.36. The molecule has 0 aliphatic heterocycles. The lowest BCUT2D eigenvalue weighted by atomic mass is 10.3. The minimum absolute atomic E-state index is 0.0915. The number of anilines is 1. The number of halogens is 1. The third kappa shape index (κ3) is 3.17. The van der Waals surface area contributed by atoms with Gasteiger partial charge in [0.1, 0.15) is 6.54 Å². The maximum Gasteiger partial charge on any atom is 0.246 e. The largest absolute Gasteiger partial charge is 0.324 e. The van der Waals surface area contributed by atoms with Gasteiger partial charge in [0.05, 0.1) is 10.2 Å².